The van der Waals surface area contributed by atoms with E-state index in [9.17, 15) is 0 Å². The number of hydrogen-bond donors (Lipinski definition) is 2. The van der Waals surface area contributed by atoms with E-state index in [0.717, 1.165) is 30.1 Å². The lowest BCUT2D eigenvalue weighted by Crippen LogP contribution is -2.25. The summed E-state index contributed by atoms with van der Waals surface area (Å²) in [6.45, 7) is 4.94. The molecule has 5 heteroatoms. The Labute approximate surface area is 151 Å². The molecule has 0 atom stereocenters. The van der Waals surface area contributed by atoms with Gasteiger partial charge in [-0.3, -0.25) is 5.43 Å². The average Bonchev–Trinajstić information content (AvgIpc) is 2.58. The van der Waals surface area contributed by atoms with E-state index in [2.05, 4.69) is 17.5 Å². The molecule has 0 aromatic heterocycles. The molecule has 0 amide bonds. The number of unbranched alkanes of at least 4 members (excludes halogenated alkanes) is 7. The zero-order valence-electron chi connectivity index (χ0n) is 15.0. The highest BCUT2D eigenvalue weighted by Gasteiger charge is 1.99. The number of ether oxygens (including phenoxy) is 1. The molecule has 0 fully saturated rings. The minimum atomic E-state index is 0.166. The van der Waals surface area contributed by atoms with Crippen LogP contribution in [0.3, 0.4) is 0 Å². The maximum Gasteiger partial charge on any atom is 0.184 e. The first-order valence-electron chi connectivity index (χ1n) is 8.96. The number of nitrogens with zero attached hydrogens (tertiary/aromatic N) is 1. The van der Waals surface area contributed by atoms with E-state index in [0.29, 0.717) is 0 Å². The number of nitrogens with two attached hydrogens (primary N) is 1. The third-order valence-electron chi connectivity index (χ3n) is 3.87. The quantitative estimate of drug-likeness (QED) is 0.247. The second-order valence-electron chi connectivity index (χ2n) is 6.02. The summed E-state index contributed by atoms with van der Waals surface area (Å²) in [5, 5.41) is 4.27. The Morgan fingerprint density at radius 3 is 2.21 bits per heavy atom. The second-order valence-corrected chi connectivity index (χ2v) is 6.46. The van der Waals surface area contributed by atoms with Gasteiger partial charge in [-0.05, 0) is 55.4 Å². The molecule has 0 saturated heterocycles. The highest BCUT2D eigenvalue weighted by Crippen LogP contribution is 2.14. The van der Waals surface area contributed by atoms with Gasteiger partial charge in [0.1, 0.15) is 5.75 Å². The van der Waals surface area contributed by atoms with Crippen molar-refractivity contribution in [3.63, 3.8) is 0 Å². The molecular weight excluding hydrogens is 318 g/mol. The largest absolute Gasteiger partial charge is 0.494 e. The van der Waals surface area contributed by atoms with Crippen LogP contribution in [-0.2, 0) is 0 Å². The first-order valence-corrected chi connectivity index (χ1v) is 9.37. The molecular formula is C19H31N3OS. The van der Waals surface area contributed by atoms with E-state index in [4.69, 9.17) is 22.7 Å². The minimum absolute atomic E-state index is 0.166. The summed E-state index contributed by atoms with van der Waals surface area (Å²) in [4.78, 5) is 0. The number of benzene rings is 1. The summed E-state index contributed by atoms with van der Waals surface area (Å²) in [5.74, 6) is 0.900. The summed E-state index contributed by atoms with van der Waals surface area (Å²) in [6.07, 6.45) is 10.5. The maximum atomic E-state index is 5.79. The number of nitrogens with one attached hydrogen (secondary N) is 1. The van der Waals surface area contributed by atoms with Crippen LogP contribution in [0.5, 0.6) is 5.75 Å². The Hall–Kier alpha value is -1.62. The average molecular weight is 350 g/mol. The standard InChI is InChI=1S/C19H31N3OS/c1-3-4-5-6-7-8-9-10-15-23-18-13-11-17(12-14-18)16(2)21-22-19(20)24/h11-14H,3-10,15H2,1-2H3,(H3,20,22,24). The number of thiocarbonyl (C=S) groups is 1. The lowest BCUT2D eigenvalue weighted by molar-refractivity contribution is 0.304. The monoisotopic (exact) mass is 349 g/mol. The van der Waals surface area contributed by atoms with Crippen molar-refractivity contribution in [2.24, 2.45) is 10.8 Å². The first kappa shape index (κ1) is 20.4. The van der Waals surface area contributed by atoms with Crippen LogP contribution in [-0.4, -0.2) is 17.4 Å². The highest BCUT2D eigenvalue weighted by atomic mass is 32.1. The lowest BCUT2D eigenvalue weighted by Gasteiger charge is -2.07. The van der Waals surface area contributed by atoms with Crippen molar-refractivity contribution in [1.29, 1.82) is 0 Å². The number of hydrogen-bond acceptors (Lipinski definition) is 3. The van der Waals surface area contributed by atoms with Crippen LogP contribution in [0.1, 0.15) is 70.8 Å². The molecule has 0 aliphatic heterocycles. The molecule has 3 N–H and O–H groups in total. The van der Waals surface area contributed by atoms with Gasteiger partial charge in [-0.2, -0.15) is 5.10 Å². The van der Waals surface area contributed by atoms with Gasteiger partial charge in [0.05, 0.1) is 12.3 Å². The molecule has 0 heterocycles. The van der Waals surface area contributed by atoms with Gasteiger partial charge in [-0.1, -0.05) is 51.9 Å². The SMILES string of the molecule is CCCCCCCCCCOc1ccc(C(C)=NNC(N)=S)cc1. The predicted molar refractivity (Wildman–Crippen MR) is 107 cm³/mol. The van der Waals surface area contributed by atoms with Crippen molar-refractivity contribution in [3.8, 4) is 5.75 Å². The highest BCUT2D eigenvalue weighted by molar-refractivity contribution is 7.80. The van der Waals surface area contributed by atoms with Gasteiger partial charge in [0.25, 0.3) is 0 Å². The van der Waals surface area contributed by atoms with E-state index in [1.807, 2.05) is 31.2 Å². The van der Waals surface area contributed by atoms with Gasteiger partial charge < -0.3 is 10.5 Å². The van der Waals surface area contributed by atoms with E-state index in [1.165, 1.54) is 44.9 Å². The molecule has 24 heavy (non-hydrogen) atoms. The molecule has 4 nitrogen and oxygen atoms in total. The Kier molecular flexibility index (Phi) is 10.9. The van der Waals surface area contributed by atoms with Gasteiger partial charge in [0.2, 0.25) is 0 Å². The number of rotatable bonds is 12. The molecule has 0 radical (unpaired) electrons. The van der Waals surface area contributed by atoms with Crippen molar-refractivity contribution in [2.45, 2.75) is 65.2 Å². The topological polar surface area (TPSA) is 59.6 Å². The van der Waals surface area contributed by atoms with Crippen LogP contribution in [0.2, 0.25) is 0 Å². The van der Waals surface area contributed by atoms with Crippen LogP contribution in [0.15, 0.2) is 29.4 Å². The zero-order valence-corrected chi connectivity index (χ0v) is 15.8. The van der Waals surface area contributed by atoms with Gasteiger partial charge in [0, 0.05) is 0 Å². The molecule has 1 rings (SSSR count). The fourth-order valence-electron chi connectivity index (χ4n) is 2.42. The summed E-state index contributed by atoms with van der Waals surface area (Å²) < 4.78 is 5.79. The van der Waals surface area contributed by atoms with Crippen molar-refractivity contribution >= 4 is 23.0 Å². The van der Waals surface area contributed by atoms with Crippen LogP contribution in [0, 0.1) is 0 Å². The van der Waals surface area contributed by atoms with E-state index in [-0.39, 0.29) is 5.11 Å². The minimum Gasteiger partial charge on any atom is -0.494 e. The van der Waals surface area contributed by atoms with Crippen LogP contribution in [0.25, 0.3) is 0 Å². The first-order chi connectivity index (χ1) is 11.6. The van der Waals surface area contributed by atoms with Gasteiger partial charge in [-0.15, -0.1) is 0 Å². The van der Waals surface area contributed by atoms with Crippen LogP contribution >= 0.6 is 12.2 Å². The van der Waals surface area contributed by atoms with Crippen molar-refractivity contribution in [1.82, 2.24) is 5.43 Å². The maximum absolute atomic E-state index is 5.79. The summed E-state index contributed by atoms with van der Waals surface area (Å²) in [5.41, 5.74) is 9.79. The molecule has 0 unspecified atom stereocenters. The van der Waals surface area contributed by atoms with Crippen molar-refractivity contribution in [3.05, 3.63) is 29.8 Å². The summed E-state index contributed by atoms with van der Waals surface area (Å²) in [7, 11) is 0. The van der Waals surface area contributed by atoms with Gasteiger partial charge in [-0.25, -0.2) is 0 Å². The Morgan fingerprint density at radius 1 is 1.04 bits per heavy atom. The predicted octanol–water partition coefficient (Wildman–Crippen LogP) is 4.76. The lowest BCUT2D eigenvalue weighted by atomic mass is 10.1. The molecule has 0 aliphatic carbocycles. The van der Waals surface area contributed by atoms with E-state index in [1.54, 1.807) is 0 Å². The van der Waals surface area contributed by atoms with Gasteiger partial charge >= 0.3 is 0 Å². The third-order valence-corrected chi connectivity index (χ3v) is 3.96. The third kappa shape index (κ3) is 9.50. The molecule has 0 saturated carbocycles. The Balaban J connectivity index is 2.18. The van der Waals surface area contributed by atoms with Crippen molar-refractivity contribution < 1.29 is 4.74 Å². The Morgan fingerprint density at radius 2 is 1.62 bits per heavy atom. The van der Waals surface area contributed by atoms with Crippen LogP contribution in [0.4, 0.5) is 0 Å². The smallest absolute Gasteiger partial charge is 0.184 e. The van der Waals surface area contributed by atoms with E-state index >= 15 is 0 Å². The fraction of sp³-hybridized carbons (Fsp3) is 0.579. The zero-order chi connectivity index (χ0) is 17.6. The molecule has 1 aromatic carbocycles. The molecule has 134 valence electrons. The van der Waals surface area contributed by atoms with E-state index < -0.39 is 0 Å². The van der Waals surface area contributed by atoms with Crippen molar-refractivity contribution in [2.75, 3.05) is 6.61 Å². The Bertz CT molecular complexity index is 500. The molecule has 0 bridgehead atoms. The summed E-state index contributed by atoms with van der Waals surface area (Å²) in [6, 6.07) is 7.92. The second kappa shape index (κ2) is 12.8. The van der Waals surface area contributed by atoms with Crippen LogP contribution < -0.4 is 15.9 Å². The molecule has 0 aliphatic rings. The molecule has 0 spiro atoms. The molecule has 1 aromatic rings. The fourth-order valence-corrected chi connectivity index (χ4v) is 2.47. The summed E-state index contributed by atoms with van der Waals surface area (Å²) >= 11 is 4.73. The normalized spacial score (nSPS) is 11.3. The van der Waals surface area contributed by atoms with Gasteiger partial charge in [0.15, 0.2) is 5.11 Å². The number of hydrazone groups is 1.